The lowest BCUT2D eigenvalue weighted by Crippen LogP contribution is -2.03. The minimum atomic E-state index is -0.252. The Balaban J connectivity index is 3.02. The predicted octanol–water partition coefficient (Wildman–Crippen LogP) is 4.36. The fraction of sp³-hybridized carbons (Fsp3) is 0.357. The summed E-state index contributed by atoms with van der Waals surface area (Å²) in [6.45, 7) is 5.99. The molecule has 96 valence electrons. The van der Waals surface area contributed by atoms with Gasteiger partial charge in [-0.2, -0.15) is 0 Å². The van der Waals surface area contributed by atoms with Crippen molar-refractivity contribution in [2.75, 3.05) is 12.4 Å². The molecular weight excluding hydrogens is 295 g/mol. The highest BCUT2D eigenvalue weighted by atomic mass is 79.9. The van der Waals surface area contributed by atoms with Crippen LogP contribution in [0.4, 0.5) is 10.1 Å². The van der Waals surface area contributed by atoms with Gasteiger partial charge in [0.05, 0.1) is 21.1 Å². The van der Waals surface area contributed by atoms with Gasteiger partial charge < -0.3 is 5.32 Å². The summed E-state index contributed by atoms with van der Waals surface area (Å²) in [7, 11) is 1.82. The van der Waals surface area contributed by atoms with Crippen LogP contribution in [0.5, 0.6) is 0 Å². The molecule has 1 heterocycles. The fourth-order valence-corrected chi connectivity index (χ4v) is 2.86. The van der Waals surface area contributed by atoms with E-state index in [1.54, 1.807) is 6.07 Å². The number of nitrogens with zero attached hydrogens (tertiary/aromatic N) is 1. The molecule has 0 fully saturated rings. The van der Waals surface area contributed by atoms with Gasteiger partial charge in [-0.1, -0.05) is 6.92 Å². The van der Waals surface area contributed by atoms with Crippen molar-refractivity contribution in [3.63, 3.8) is 0 Å². The molecule has 0 unspecified atom stereocenters. The maximum Gasteiger partial charge on any atom is 0.148 e. The maximum absolute atomic E-state index is 14.3. The van der Waals surface area contributed by atoms with Crippen molar-refractivity contribution in [1.29, 1.82) is 0 Å². The zero-order valence-corrected chi connectivity index (χ0v) is 12.6. The molecule has 1 aromatic carbocycles. The van der Waals surface area contributed by atoms with E-state index in [1.165, 1.54) is 0 Å². The molecule has 1 N–H and O–H groups in total. The van der Waals surface area contributed by atoms with Crippen LogP contribution in [-0.2, 0) is 6.42 Å². The molecule has 2 aromatic rings. The third-order valence-corrected chi connectivity index (χ3v) is 3.85. The van der Waals surface area contributed by atoms with Gasteiger partial charge in [0.1, 0.15) is 5.82 Å². The van der Waals surface area contributed by atoms with Gasteiger partial charge in [0.2, 0.25) is 0 Å². The smallest absolute Gasteiger partial charge is 0.148 e. The van der Waals surface area contributed by atoms with Gasteiger partial charge in [-0.15, -0.1) is 0 Å². The number of hydrogen-bond acceptors (Lipinski definition) is 2. The van der Waals surface area contributed by atoms with Gasteiger partial charge in [-0.3, -0.25) is 4.98 Å². The van der Waals surface area contributed by atoms with E-state index in [1.807, 2.05) is 20.9 Å². The summed E-state index contributed by atoms with van der Waals surface area (Å²) < 4.78 is 14.8. The van der Waals surface area contributed by atoms with Gasteiger partial charge in [-0.05, 0) is 53.4 Å². The largest absolute Gasteiger partial charge is 0.387 e. The van der Waals surface area contributed by atoms with E-state index in [4.69, 9.17) is 0 Å². The number of benzene rings is 1. The number of hydrogen-bond donors (Lipinski definition) is 1. The number of halogens is 2. The number of aryl methyl sites for hydroxylation is 2. The molecule has 0 saturated carbocycles. The summed E-state index contributed by atoms with van der Waals surface area (Å²) in [5.41, 5.74) is 4.58. The Morgan fingerprint density at radius 2 is 2.06 bits per heavy atom. The van der Waals surface area contributed by atoms with Crippen molar-refractivity contribution in [2.45, 2.75) is 27.2 Å². The SMILES string of the molecule is CCc1nc2c(C)cc(Br)c(F)c2c(NC)c1C. The standard InChI is InChI=1S/C14H16BrFN2/c1-5-10-8(3)14(17-4)11-12(16)9(15)6-7(2)13(11)18-10/h6H,5H2,1-4H3,(H,17,18). The summed E-state index contributed by atoms with van der Waals surface area (Å²) in [5, 5.41) is 3.68. The number of pyridine rings is 1. The van der Waals surface area contributed by atoms with Crippen molar-refractivity contribution in [1.82, 2.24) is 4.98 Å². The van der Waals surface area contributed by atoms with Crippen LogP contribution in [0.1, 0.15) is 23.7 Å². The Hall–Kier alpha value is -1.16. The molecule has 0 saturated heterocycles. The Morgan fingerprint density at radius 3 is 2.61 bits per heavy atom. The third kappa shape index (κ3) is 1.88. The van der Waals surface area contributed by atoms with Gasteiger partial charge in [0, 0.05) is 12.7 Å². The Kier molecular flexibility index (Phi) is 3.57. The van der Waals surface area contributed by atoms with E-state index in [0.29, 0.717) is 9.86 Å². The van der Waals surface area contributed by atoms with E-state index in [2.05, 4.69) is 33.2 Å². The van der Waals surface area contributed by atoms with Crippen molar-refractivity contribution in [3.8, 4) is 0 Å². The summed E-state index contributed by atoms with van der Waals surface area (Å²) in [6.07, 6.45) is 0.841. The molecule has 2 nitrogen and oxygen atoms in total. The number of aromatic nitrogens is 1. The number of anilines is 1. The minimum Gasteiger partial charge on any atom is -0.387 e. The highest BCUT2D eigenvalue weighted by Crippen LogP contribution is 2.35. The molecule has 0 radical (unpaired) electrons. The zero-order valence-electron chi connectivity index (χ0n) is 11.0. The average molecular weight is 311 g/mol. The van der Waals surface area contributed by atoms with Crippen molar-refractivity contribution < 1.29 is 4.39 Å². The molecule has 0 aliphatic heterocycles. The number of rotatable bonds is 2. The lowest BCUT2D eigenvalue weighted by Gasteiger charge is -2.15. The summed E-state index contributed by atoms with van der Waals surface area (Å²) in [5.74, 6) is -0.252. The monoisotopic (exact) mass is 310 g/mol. The molecule has 1 aromatic heterocycles. The van der Waals surface area contributed by atoms with Crippen LogP contribution in [0, 0.1) is 19.7 Å². The summed E-state index contributed by atoms with van der Waals surface area (Å²) >= 11 is 3.26. The second kappa shape index (κ2) is 4.84. The molecular formula is C14H16BrFN2. The lowest BCUT2D eigenvalue weighted by molar-refractivity contribution is 0.632. The molecule has 18 heavy (non-hydrogen) atoms. The second-order valence-electron chi connectivity index (χ2n) is 4.37. The van der Waals surface area contributed by atoms with Crippen molar-refractivity contribution >= 4 is 32.5 Å². The van der Waals surface area contributed by atoms with Gasteiger partial charge in [0.25, 0.3) is 0 Å². The molecule has 0 amide bonds. The predicted molar refractivity (Wildman–Crippen MR) is 77.8 cm³/mol. The minimum absolute atomic E-state index is 0.252. The van der Waals surface area contributed by atoms with Crippen LogP contribution in [0.2, 0.25) is 0 Å². The van der Waals surface area contributed by atoms with Crippen molar-refractivity contribution in [3.05, 3.63) is 33.2 Å². The van der Waals surface area contributed by atoms with Gasteiger partial charge >= 0.3 is 0 Å². The summed E-state index contributed by atoms with van der Waals surface area (Å²) in [4.78, 5) is 4.60. The van der Waals surface area contributed by atoms with E-state index < -0.39 is 0 Å². The first-order valence-corrected chi connectivity index (χ1v) is 6.76. The van der Waals surface area contributed by atoms with Crippen LogP contribution in [0.15, 0.2) is 10.5 Å². The molecule has 0 atom stereocenters. The van der Waals surface area contributed by atoms with Crippen molar-refractivity contribution in [2.24, 2.45) is 0 Å². The molecule has 4 heteroatoms. The summed E-state index contributed by atoms with van der Waals surface area (Å²) in [6, 6.07) is 1.78. The first-order valence-electron chi connectivity index (χ1n) is 5.96. The van der Waals surface area contributed by atoms with Gasteiger partial charge in [0.15, 0.2) is 0 Å². The second-order valence-corrected chi connectivity index (χ2v) is 5.23. The number of fused-ring (bicyclic) bond motifs is 1. The van der Waals surface area contributed by atoms with E-state index in [9.17, 15) is 4.39 Å². The first-order chi connectivity index (χ1) is 8.51. The van der Waals surface area contributed by atoms with E-state index in [0.717, 1.165) is 34.4 Å². The Morgan fingerprint density at radius 1 is 1.39 bits per heavy atom. The maximum atomic E-state index is 14.3. The van der Waals surface area contributed by atoms with E-state index >= 15 is 0 Å². The first kappa shape index (κ1) is 13.3. The highest BCUT2D eigenvalue weighted by molar-refractivity contribution is 9.10. The quantitative estimate of drug-likeness (QED) is 0.891. The average Bonchev–Trinajstić information content (AvgIpc) is 2.35. The third-order valence-electron chi connectivity index (χ3n) is 3.27. The topological polar surface area (TPSA) is 24.9 Å². The molecule has 0 aliphatic carbocycles. The molecule has 0 aliphatic rings. The fourth-order valence-electron chi connectivity index (χ4n) is 2.32. The molecule has 0 bridgehead atoms. The van der Waals surface area contributed by atoms with Crippen LogP contribution in [-0.4, -0.2) is 12.0 Å². The van der Waals surface area contributed by atoms with Crippen LogP contribution in [0.25, 0.3) is 10.9 Å². The zero-order chi connectivity index (χ0) is 13.4. The van der Waals surface area contributed by atoms with Crippen LogP contribution >= 0.6 is 15.9 Å². The van der Waals surface area contributed by atoms with Gasteiger partial charge in [-0.25, -0.2) is 4.39 Å². The van der Waals surface area contributed by atoms with Crippen LogP contribution in [0.3, 0.4) is 0 Å². The lowest BCUT2D eigenvalue weighted by atomic mass is 10.0. The number of nitrogens with one attached hydrogen (secondary N) is 1. The molecule has 2 rings (SSSR count). The normalized spacial score (nSPS) is 11.0. The highest BCUT2D eigenvalue weighted by Gasteiger charge is 2.17. The molecule has 0 spiro atoms. The Bertz CT molecular complexity index is 623. The Labute approximate surface area is 115 Å². The van der Waals surface area contributed by atoms with E-state index in [-0.39, 0.29) is 5.82 Å². The van der Waals surface area contributed by atoms with Crippen LogP contribution < -0.4 is 5.32 Å².